The summed E-state index contributed by atoms with van der Waals surface area (Å²) < 4.78 is 110. The summed E-state index contributed by atoms with van der Waals surface area (Å²) in [6.45, 7) is 0. The first-order chi connectivity index (χ1) is 15.8. The van der Waals surface area contributed by atoms with E-state index < -0.39 is 73.4 Å². The Morgan fingerprint density at radius 3 is 1.50 bits per heavy atom. The Kier molecular flexibility index (Phi) is 6.63. The van der Waals surface area contributed by atoms with Gasteiger partial charge in [0.25, 0.3) is 0 Å². The van der Waals surface area contributed by atoms with E-state index in [0.29, 0.717) is 0 Å². The van der Waals surface area contributed by atoms with Crippen LogP contribution in [0.3, 0.4) is 0 Å². The molecule has 0 atom stereocenters. The van der Waals surface area contributed by atoms with Crippen molar-refractivity contribution >= 4 is 11.1 Å². The average molecular weight is 477 g/mol. The van der Waals surface area contributed by atoms with Crippen molar-refractivity contribution in [1.82, 2.24) is 0 Å². The van der Waals surface area contributed by atoms with Crippen molar-refractivity contribution in [2.75, 3.05) is 0 Å². The van der Waals surface area contributed by atoms with E-state index in [4.69, 9.17) is 15.8 Å². The zero-order valence-electron chi connectivity index (χ0n) is 16.0. The van der Waals surface area contributed by atoms with Crippen molar-refractivity contribution in [3.8, 4) is 30.3 Å². The maximum absolute atomic E-state index is 14.8. The third-order valence-electron chi connectivity index (χ3n) is 4.33. The van der Waals surface area contributed by atoms with Gasteiger partial charge in [-0.3, -0.25) is 0 Å². The van der Waals surface area contributed by atoms with Crippen molar-refractivity contribution in [2.45, 2.75) is 12.4 Å². The largest absolute Gasteiger partial charge is 0.417 e. The number of hydrogen-bond donors (Lipinski definition) is 0. The van der Waals surface area contributed by atoms with Gasteiger partial charge in [0, 0.05) is 10.4 Å². The first-order valence-corrected chi connectivity index (χ1v) is 8.36. The summed E-state index contributed by atoms with van der Waals surface area (Å²) in [5, 5.41) is 43.0. The fourth-order valence-corrected chi connectivity index (χ4v) is 2.92. The summed E-state index contributed by atoms with van der Waals surface area (Å²) in [6.07, 6.45) is -11.0. The molecule has 0 amide bonds. The standard InChI is InChI=1S/C21H3F8N5/c22-17-3-11(10(4-30)5-31)19(23)14(8-34)18(17)12(6-32)9-1-15(20(24,25)26)13(7-33)16(2-9)21(27,28)29/h1-3H/b18-12+. The van der Waals surface area contributed by atoms with Crippen LogP contribution in [0.1, 0.15) is 27.8 Å². The molecule has 0 saturated heterocycles. The molecule has 0 spiro atoms. The van der Waals surface area contributed by atoms with Crippen LogP contribution in [-0.2, 0) is 12.4 Å². The maximum Gasteiger partial charge on any atom is 0.417 e. The summed E-state index contributed by atoms with van der Waals surface area (Å²) in [7, 11) is 0. The lowest BCUT2D eigenvalue weighted by atomic mass is 9.92. The molecule has 0 heterocycles. The van der Waals surface area contributed by atoms with Crippen LogP contribution in [0.2, 0.25) is 0 Å². The Balaban J connectivity index is 3.28. The minimum Gasteiger partial charge on any atom is -0.206 e. The van der Waals surface area contributed by atoms with E-state index >= 15 is 0 Å². The highest BCUT2D eigenvalue weighted by atomic mass is 19.4. The molecule has 34 heavy (non-hydrogen) atoms. The third-order valence-corrected chi connectivity index (χ3v) is 4.33. The van der Waals surface area contributed by atoms with Gasteiger partial charge in [0.1, 0.15) is 41.7 Å². The Hall–Kier alpha value is -4.93. The van der Waals surface area contributed by atoms with Crippen LogP contribution >= 0.6 is 0 Å². The highest BCUT2D eigenvalue weighted by Gasteiger charge is 2.42. The van der Waals surface area contributed by atoms with E-state index in [0.717, 1.165) is 18.2 Å². The van der Waals surface area contributed by atoms with Crippen LogP contribution in [0.5, 0.6) is 0 Å². The summed E-state index contributed by atoms with van der Waals surface area (Å²) >= 11 is 0. The average Bonchev–Trinajstić information content (AvgIpc) is 2.76. The van der Waals surface area contributed by atoms with Crippen LogP contribution in [0.4, 0.5) is 35.1 Å². The predicted octanol–water partition coefficient (Wildman–Crippen LogP) is 3.67. The van der Waals surface area contributed by atoms with Crippen molar-refractivity contribution in [2.24, 2.45) is 0 Å². The third kappa shape index (κ3) is 4.35. The van der Waals surface area contributed by atoms with Crippen LogP contribution in [0, 0.1) is 68.3 Å². The zero-order valence-corrected chi connectivity index (χ0v) is 16.0. The van der Waals surface area contributed by atoms with Crippen molar-refractivity contribution in [3.63, 3.8) is 0 Å². The molecule has 0 fully saturated rings. The second-order valence-corrected chi connectivity index (χ2v) is 6.22. The van der Waals surface area contributed by atoms with Crippen LogP contribution in [-0.4, -0.2) is 0 Å². The zero-order chi connectivity index (χ0) is 26.0. The monoisotopic (exact) mass is 477 g/mol. The maximum atomic E-state index is 14.8. The minimum atomic E-state index is -5.52. The lowest BCUT2D eigenvalue weighted by molar-refractivity contribution is -0.143. The summed E-state index contributed by atoms with van der Waals surface area (Å²) in [5.41, 5.74) is -10.9. The van der Waals surface area contributed by atoms with Crippen molar-refractivity contribution in [3.05, 3.63) is 68.1 Å². The van der Waals surface area contributed by atoms with Crippen LogP contribution in [0.15, 0.2) is 18.2 Å². The van der Waals surface area contributed by atoms with Gasteiger partial charge in [-0.15, -0.1) is 0 Å². The Morgan fingerprint density at radius 1 is 0.676 bits per heavy atom. The van der Waals surface area contributed by atoms with Crippen LogP contribution in [0.25, 0.3) is 11.1 Å². The molecule has 13 heteroatoms. The molecule has 0 aromatic heterocycles. The fourth-order valence-electron chi connectivity index (χ4n) is 2.92. The molecule has 0 N–H and O–H groups in total. The first-order valence-electron chi connectivity index (χ1n) is 8.36. The number of benzene rings is 2. The highest BCUT2D eigenvalue weighted by molar-refractivity contribution is 5.80. The van der Waals surface area contributed by atoms with Gasteiger partial charge in [0.05, 0.1) is 27.8 Å². The van der Waals surface area contributed by atoms with Gasteiger partial charge >= 0.3 is 12.4 Å². The first kappa shape index (κ1) is 25.3. The topological polar surface area (TPSA) is 119 Å². The second kappa shape index (κ2) is 8.90. The molecule has 0 aliphatic carbocycles. The normalized spacial score (nSPS) is 11.9. The van der Waals surface area contributed by atoms with Crippen molar-refractivity contribution in [1.29, 1.82) is 26.3 Å². The van der Waals surface area contributed by atoms with E-state index in [2.05, 4.69) is 0 Å². The van der Waals surface area contributed by atoms with Gasteiger partial charge in [-0.2, -0.15) is 52.7 Å². The molecule has 0 aliphatic rings. The quantitative estimate of drug-likeness (QED) is 0.581. The molecule has 0 saturated carbocycles. The highest BCUT2D eigenvalue weighted by Crippen LogP contribution is 2.40. The molecule has 0 bridgehead atoms. The number of halogens is 8. The SMILES string of the molecule is N#CC(C#N)=c1cc(F)/c(=C(\C#N)c2cc(C(F)(F)F)c(C#N)c(C(F)(F)F)c2)c(C#N)c1F. The Labute approximate surface area is 184 Å². The summed E-state index contributed by atoms with van der Waals surface area (Å²) in [6, 6.07) is 5.65. The number of nitrogens with zero attached hydrogens (tertiary/aromatic N) is 5. The lowest BCUT2D eigenvalue weighted by Gasteiger charge is -2.17. The van der Waals surface area contributed by atoms with E-state index in [1.165, 1.54) is 12.1 Å². The minimum absolute atomic E-state index is 0.0408. The van der Waals surface area contributed by atoms with Gasteiger partial charge in [-0.05, 0) is 23.8 Å². The smallest absolute Gasteiger partial charge is 0.206 e. The van der Waals surface area contributed by atoms with Gasteiger partial charge in [0.2, 0.25) is 0 Å². The van der Waals surface area contributed by atoms with Gasteiger partial charge in [-0.1, -0.05) is 0 Å². The van der Waals surface area contributed by atoms with Gasteiger partial charge < -0.3 is 0 Å². The molecular weight excluding hydrogens is 474 g/mol. The number of hydrogen-bond acceptors (Lipinski definition) is 5. The number of alkyl halides is 6. The lowest BCUT2D eigenvalue weighted by Crippen LogP contribution is -2.27. The van der Waals surface area contributed by atoms with Crippen molar-refractivity contribution < 1.29 is 35.1 Å². The van der Waals surface area contributed by atoms with Gasteiger partial charge in [-0.25, -0.2) is 8.78 Å². The number of nitriles is 5. The Bertz CT molecular complexity index is 1500. The molecule has 2 rings (SSSR count). The van der Waals surface area contributed by atoms with E-state index in [9.17, 15) is 45.6 Å². The predicted molar refractivity (Wildman–Crippen MR) is 94.2 cm³/mol. The van der Waals surface area contributed by atoms with Crippen LogP contribution < -0.4 is 10.4 Å². The molecule has 5 nitrogen and oxygen atoms in total. The molecule has 2 aromatic carbocycles. The Morgan fingerprint density at radius 2 is 1.15 bits per heavy atom. The summed E-state index contributed by atoms with van der Waals surface area (Å²) in [4.78, 5) is 0. The van der Waals surface area contributed by atoms with Gasteiger partial charge in [0.15, 0.2) is 5.82 Å². The number of rotatable bonds is 1. The fraction of sp³-hybridized carbons (Fsp3) is 0.0952. The second-order valence-electron chi connectivity index (χ2n) is 6.22. The van der Waals surface area contributed by atoms with E-state index in [-0.39, 0.29) is 18.2 Å². The van der Waals surface area contributed by atoms with E-state index in [1.807, 2.05) is 0 Å². The molecule has 0 unspecified atom stereocenters. The summed E-state index contributed by atoms with van der Waals surface area (Å²) in [5.74, 6) is -3.38. The molecule has 2 aromatic rings. The molecule has 168 valence electrons. The molecule has 0 aliphatic heterocycles. The van der Waals surface area contributed by atoms with E-state index in [1.54, 1.807) is 0 Å². The molecule has 0 radical (unpaired) electrons. The molecular formula is C21H3F8N5.